The molecule has 0 amide bonds. The zero-order chi connectivity index (χ0) is 18.4. The molecule has 0 N–H and O–H groups in total. The number of carbonyl (C=O) groups is 2. The molecular weight excluding hydrogens is 376 g/mol. The van der Waals surface area contributed by atoms with Gasteiger partial charge in [0.15, 0.2) is 0 Å². The Balaban J connectivity index is 1.52. The van der Waals surface area contributed by atoms with Gasteiger partial charge in [0.25, 0.3) is 0 Å². The van der Waals surface area contributed by atoms with Crippen molar-refractivity contribution in [1.29, 1.82) is 0 Å². The van der Waals surface area contributed by atoms with Crippen molar-refractivity contribution in [2.45, 2.75) is 0 Å². The van der Waals surface area contributed by atoms with E-state index < -0.39 is 5.97 Å². The molecule has 1 aliphatic heterocycles. The lowest BCUT2D eigenvalue weighted by Gasteiger charge is -2.16. The highest BCUT2D eigenvalue weighted by molar-refractivity contribution is 7.29. The molecule has 5 heteroatoms. The molecule has 0 fully saturated rings. The van der Waals surface area contributed by atoms with Gasteiger partial charge in [-0.25, -0.2) is 4.79 Å². The summed E-state index contributed by atoms with van der Waals surface area (Å²) < 4.78 is 7.58. The zero-order valence-electron chi connectivity index (χ0n) is 14.0. The van der Waals surface area contributed by atoms with Crippen LogP contribution in [0, 0.1) is 0 Å². The molecule has 0 radical (unpaired) electrons. The van der Waals surface area contributed by atoms with Crippen molar-refractivity contribution >= 4 is 49.9 Å². The van der Waals surface area contributed by atoms with Crippen LogP contribution in [0.4, 0.5) is 0 Å². The van der Waals surface area contributed by atoms with Gasteiger partial charge in [-0.1, -0.05) is 42.5 Å². The van der Waals surface area contributed by atoms with Gasteiger partial charge in [-0.15, -0.1) is 22.7 Å². The van der Waals surface area contributed by atoms with E-state index in [2.05, 4.69) is 18.2 Å². The Labute approximate surface area is 163 Å². The lowest BCUT2D eigenvalue weighted by atomic mass is 9.99. The average Bonchev–Trinajstić information content (AvgIpc) is 3.24. The number of fused-ring (bicyclic) bond motifs is 2. The summed E-state index contributed by atoms with van der Waals surface area (Å²) in [5, 5.41) is 0. The molecule has 0 spiro atoms. The zero-order valence-corrected chi connectivity index (χ0v) is 15.6. The Morgan fingerprint density at radius 1 is 0.815 bits per heavy atom. The molecule has 1 aliphatic rings. The van der Waals surface area contributed by atoms with Gasteiger partial charge >= 0.3 is 5.97 Å². The van der Waals surface area contributed by atoms with Crippen LogP contribution in [0.25, 0.3) is 25.9 Å². The predicted molar refractivity (Wildman–Crippen MR) is 110 cm³/mol. The van der Waals surface area contributed by atoms with Crippen LogP contribution in [0.5, 0.6) is 5.75 Å². The highest BCUT2D eigenvalue weighted by atomic mass is 32.1. The Morgan fingerprint density at radius 3 is 2.37 bits per heavy atom. The fraction of sp³-hybridized carbons (Fsp3) is 0. The maximum Gasteiger partial charge on any atom is 0.347 e. The molecule has 0 saturated carbocycles. The Bertz CT molecular complexity index is 1200. The topological polar surface area (TPSA) is 43.4 Å². The van der Waals surface area contributed by atoms with Gasteiger partial charge in [-0.05, 0) is 35.9 Å². The molecule has 3 heterocycles. The largest absolute Gasteiger partial charge is 0.422 e. The highest BCUT2D eigenvalue weighted by Crippen LogP contribution is 2.39. The van der Waals surface area contributed by atoms with Crippen molar-refractivity contribution < 1.29 is 14.3 Å². The summed E-state index contributed by atoms with van der Waals surface area (Å²) in [5.74, 6) is -0.562. The fourth-order valence-electron chi connectivity index (χ4n) is 3.07. The molecule has 2 aromatic carbocycles. The van der Waals surface area contributed by atoms with E-state index in [4.69, 9.17) is 4.74 Å². The normalized spacial score (nSPS) is 15.2. The Hall–Kier alpha value is -3.02. The number of ketones is 1. The number of ether oxygens (including phenoxy) is 1. The van der Waals surface area contributed by atoms with Crippen LogP contribution >= 0.6 is 22.7 Å². The number of thiophene rings is 2. The molecule has 0 unspecified atom stereocenters. The second-order valence-corrected chi connectivity index (χ2v) is 8.33. The van der Waals surface area contributed by atoms with E-state index in [-0.39, 0.29) is 11.4 Å². The van der Waals surface area contributed by atoms with Crippen LogP contribution in [0.1, 0.15) is 15.2 Å². The Kier molecular flexibility index (Phi) is 3.77. The molecule has 0 saturated heterocycles. The van der Waals surface area contributed by atoms with Gasteiger partial charge in [0.2, 0.25) is 5.78 Å². The maximum absolute atomic E-state index is 12.7. The molecule has 27 heavy (non-hydrogen) atoms. The number of rotatable bonds is 2. The highest BCUT2D eigenvalue weighted by Gasteiger charge is 2.30. The molecule has 0 bridgehead atoms. The number of para-hydroxylation sites is 1. The van der Waals surface area contributed by atoms with E-state index in [1.54, 1.807) is 53.0 Å². The number of benzene rings is 2. The van der Waals surface area contributed by atoms with Crippen molar-refractivity contribution in [2.75, 3.05) is 0 Å². The molecule has 0 atom stereocenters. The second kappa shape index (κ2) is 6.30. The number of esters is 1. The van der Waals surface area contributed by atoms with Crippen LogP contribution in [-0.2, 0) is 4.79 Å². The molecule has 5 rings (SSSR count). The summed E-state index contributed by atoms with van der Waals surface area (Å²) in [6, 6.07) is 21.2. The summed E-state index contributed by atoms with van der Waals surface area (Å²) in [5.41, 5.74) is 1.69. The number of Topliss-reactive ketones (excluding diaryl/α,β-unsaturated/α-hetero) is 1. The summed E-state index contributed by atoms with van der Waals surface area (Å²) in [6.07, 6.45) is 1.64. The minimum atomic E-state index is -0.597. The molecule has 2 aromatic heterocycles. The van der Waals surface area contributed by atoms with Crippen molar-refractivity contribution in [3.63, 3.8) is 0 Å². The van der Waals surface area contributed by atoms with E-state index >= 15 is 0 Å². The number of carbonyl (C=O) groups excluding carboxylic acids is 2. The predicted octanol–water partition coefficient (Wildman–Crippen LogP) is 5.82. The van der Waals surface area contributed by atoms with Gasteiger partial charge in [0, 0.05) is 19.2 Å². The first-order chi connectivity index (χ1) is 13.2. The summed E-state index contributed by atoms with van der Waals surface area (Å²) in [7, 11) is 0. The van der Waals surface area contributed by atoms with Crippen LogP contribution in [0.3, 0.4) is 0 Å². The third-order valence-corrected chi connectivity index (χ3v) is 6.66. The molecular formula is C22H12O3S2. The number of hydrogen-bond donors (Lipinski definition) is 0. The first kappa shape index (κ1) is 16.2. The Morgan fingerprint density at radius 2 is 1.56 bits per heavy atom. The van der Waals surface area contributed by atoms with Crippen LogP contribution in [-0.4, -0.2) is 11.8 Å². The van der Waals surface area contributed by atoms with Gasteiger partial charge in [0.05, 0.1) is 5.56 Å². The van der Waals surface area contributed by atoms with Crippen molar-refractivity contribution in [3.05, 3.63) is 82.7 Å². The van der Waals surface area contributed by atoms with E-state index in [1.165, 1.54) is 10.4 Å². The quantitative estimate of drug-likeness (QED) is 0.188. The van der Waals surface area contributed by atoms with Gasteiger partial charge < -0.3 is 4.74 Å². The second-order valence-electron chi connectivity index (χ2n) is 6.13. The minimum Gasteiger partial charge on any atom is -0.422 e. The van der Waals surface area contributed by atoms with E-state index in [1.807, 2.05) is 24.3 Å². The smallest absolute Gasteiger partial charge is 0.347 e. The summed E-state index contributed by atoms with van der Waals surface area (Å²) in [4.78, 5) is 27.0. The van der Waals surface area contributed by atoms with Crippen LogP contribution in [0.2, 0.25) is 0 Å². The number of hydrogen-bond acceptors (Lipinski definition) is 5. The molecule has 3 nitrogen and oxygen atoms in total. The summed E-state index contributed by atoms with van der Waals surface area (Å²) >= 11 is 3.27. The molecule has 0 aliphatic carbocycles. The lowest BCUT2D eigenvalue weighted by molar-refractivity contribution is -0.130. The van der Waals surface area contributed by atoms with Crippen LogP contribution in [0.15, 0.2) is 72.3 Å². The maximum atomic E-state index is 12.7. The molecule has 4 aromatic rings. The van der Waals surface area contributed by atoms with Gasteiger partial charge in [0.1, 0.15) is 11.3 Å². The van der Waals surface area contributed by atoms with Crippen molar-refractivity contribution in [2.24, 2.45) is 0 Å². The van der Waals surface area contributed by atoms with Gasteiger partial charge in [-0.3, -0.25) is 4.79 Å². The van der Waals surface area contributed by atoms with Crippen molar-refractivity contribution in [1.82, 2.24) is 0 Å². The van der Waals surface area contributed by atoms with E-state index in [0.29, 0.717) is 11.3 Å². The third-order valence-electron chi connectivity index (χ3n) is 4.37. The minimum absolute atomic E-state index is 0.0749. The van der Waals surface area contributed by atoms with Gasteiger partial charge in [-0.2, -0.15) is 0 Å². The third kappa shape index (κ3) is 2.81. The first-order valence-corrected chi connectivity index (χ1v) is 9.99. The van der Waals surface area contributed by atoms with E-state index in [9.17, 15) is 9.59 Å². The monoisotopic (exact) mass is 388 g/mol. The first-order valence-electron chi connectivity index (χ1n) is 8.35. The SMILES string of the molecule is O=C1Oc2ccccc2C(=O)/C1=C/c1cc2sc(-c3ccccc3)cc2s1. The standard InChI is InChI=1S/C22H12O3S2/c23-21-15-8-4-5-9-17(15)25-22(24)16(21)10-14-11-19-20(26-14)12-18(27-19)13-6-2-1-3-7-13/h1-12H/b16-10-. The van der Waals surface area contributed by atoms with Crippen LogP contribution < -0.4 is 4.74 Å². The van der Waals surface area contributed by atoms with E-state index in [0.717, 1.165) is 14.3 Å². The van der Waals surface area contributed by atoms with Crippen molar-refractivity contribution in [3.8, 4) is 16.2 Å². The molecule has 130 valence electrons. The summed E-state index contributed by atoms with van der Waals surface area (Å²) in [6.45, 7) is 0. The average molecular weight is 388 g/mol. The lowest BCUT2D eigenvalue weighted by Crippen LogP contribution is -2.24. The fourth-order valence-corrected chi connectivity index (χ4v) is 5.43.